The number of hydrogen-bond acceptors (Lipinski definition) is 2. The molecule has 0 fully saturated rings. The molecule has 0 bridgehead atoms. The third-order valence-electron chi connectivity index (χ3n) is 2.57. The van der Waals surface area contributed by atoms with Crippen molar-refractivity contribution >= 4 is 23.2 Å². The van der Waals surface area contributed by atoms with Crippen LogP contribution in [0.25, 0.3) is 22.2 Å². The van der Waals surface area contributed by atoms with E-state index >= 15 is 0 Å². The van der Waals surface area contributed by atoms with E-state index in [1.54, 1.807) is 6.26 Å². The van der Waals surface area contributed by atoms with Crippen molar-refractivity contribution < 1.29 is 4.42 Å². The predicted molar refractivity (Wildman–Crippen MR) is 66.8 cm³/mol. The molecule has 3 rings (SSSR count). The van der Waals surface area contributed by atoms with Gasteiger partial charge in [-0.25, -0.2) is 0 Å². The lowest BCUT2D eigenvalue weighted by molar-refractivity contribution is 0.605. The van der Waals surface area contributed by atoms with Crippen LogP contribution in [0.5, 0.6) is 0 Å². The number of aromatic amines is 1. The minimum Gasteiger partial charge on any atom is -0.464 e. The number of rotatable bonds is 1. The average Bonchev–Trinajstić information content (AvgIpc) is 2.83. The second-order valence-electron chi connectivity index (χ2n) is 3.56. The molecule has 0 spiro atoms. The van der Waals surface area contributed by atoms with E-state index in [9.17, 15) is 0 Å². The largest absolute Gasteiger partial charge is 0.464 e. The summed E-state index contributed by atoms with van der Waals surface area (Å²) in [6, 6.07) is 11.7. The summed E-state index contributed by atoms with van der Waals surface area (Å²) in [6.45, 7) is 0. The van der Waals surface area contributed by atoms with Gasteiger partial charge in [0.1, 0.15) is 11.8 Å². The second-order valence-corrected chi connectivity index (χ2v) is 3.97. The Morgan fingerprint density at radius 1 is 1.06 bits per heavy atom. The summed E-state index contributed by atoms with van der Waals surface area (Å²) in [6.07, 6.45) is 3.58. The van der Waals surface area contributed by atoms with Gasteiger partial charge in [-0.3, -0.25) is 0 Å². The smallest absolute Gasteiger partial charge is 0.135 e. The lowest BCUT2D eigenvalue weighted by Crippen LogP contribution is -1.81. The van der Waals surface area contributed by atoms with Gasteiger partial charge in [0.2, 0.25) is 0 Å². The third kappa shape index (κ3) is 1.37. The molecule has 78 valence electrons. The topological polar surface area (TPSA) is 28.9 Å². The minimum atomic E-state index is 0.822. The molecule has 0 radical (unpaired) electrons. The highest BCUT2D eigenvalue weighted by molar-refractivity contribution is 7.71. The number of benzene rings is 1. The van der Waals surface area contributed by atoms with E-state index in [2.05, 4.69) is 4.98 Å². The third-order valence-corrected chi connectivity index (χ3v) is 3.01. The van der Waals surface area contributed by atoms with Crippen molar-refractivity contribution in [1.82, 2.24) is 4.98 Å². The summed E-state index contributed by atoms with van der Waals surface area (Å²) < 4.78 is 6.38. The zero-order chi connectivity index (χ0) is 11.0. The maximum atomic E-state index is 5.56. The molecule has 1 N–H and O–H groups in total. The van der Waals surface area contributed by atoms with Gasteiger partial charge in [-0.05, 0) is 24.3 Å². The number of H-pyrrole nitrogens is 1. The van der Waals surface area contributed by atoms with Gasteiger partial charge in [-0.2, -0.15) is 0 Å². The first-order valence-corrected chi connectivity index (χ1v) is 5.41. The van der Waals surface area contributed by atoms with Gasteiger partial charge in [0.25, 0.3) is 0 Å². The lowest BCUT2D eigenvalue weighted by atomic mass is 10.1. The summed E-state index contributed by atoms with van der Waals surface area (Å²) >= 11 is 5.46. The van der Waals surface area contributed by atoms with Crippen molar-refractivity contribution in [3.63, 3.8) is 0 Å². The van der Waals surface area contributed by atoms with Crippen molar-refractivity contribution in [3.8, 4) is 11.3 Å². The molecule has 0 aliphatic rings. The molecule has 0 unspecified atom stereocenters. The van der Waals surface area contributed by atoms with Crippen LogP contribution in [0, 0.1) is 4.51 Å². The van der Waals surface area contributed by atoms with Crippen LogP contribution in [0.15, 0.2) is 53.3 Å². The standard InChI is InChI=1S/C13H9NOS/c16-13-9-4-1-2-6-12(9)15-8-10(13)11-5-3-7-14-11/h1-8,14H. The van der Waals surface area contributed by atoms with Crippen LogP contribution < -0.4 is 0 Å². The lowest BCUT2D eigenvalue weighted by Gasteiger charge is -2.01. The van der Waals surface area contributed by atoms with Gasteiger partial charge in [-0.1, -0.05) is 24.4 Å². The number of hydrogen-bond donors (Lipinski definition) is 1. The molecule has 0 aliphatic carbocycles. The van der Waals surface area contributed by atoms with Crippen LogP contribution in [-0.2, 0) is 0 Å². The van der Waals surface area contributed by atoms with Crippen molar-refractivity contribution in [1.29, 1.82) is 0 Å². The summed E-state index contributed by atoms with van der Waals surface area (Å²) in [5, 5.41) is 0.976. The van der Waals surface area contributed by atoms with Crippen LogP contribution in [0.4, 0.5) is 0 Å². The maximum Gasteiger partial charge on any atom is 0.135 e. The van der Waals surface area contributed by atoms with E-state index in [-0.39, 0.29) is 0 Å². The fraction of sp³-hybridized carbons (Fsp3) is 0. The average molecular weight is 227 g/mol. The van der Waals surface area contributed by atoms with Crippen molar-refractivity contribution in [3.05, 3.63) is 53.4 Å². The molecule has 2 heterocycles. The molecule has 1 aromatic carbocycles. The van der Waals surface area contributed by atoms with E-state index in [0.29, 0.717) is 0 Å². The van der Waals surface area contributed by atoms with E-state index in [1.165, 1.54) is 0 Å². The Kier molecular flexibility index (Phi) is 2.11. The molecule has 0 amide bonds. The molecule has 3 heteroatoms. The fourth-order valence-electron chi connectivity index (χ4n) is 1.76. The van der Waals surface area contributed by atoms with Crippen LogP contribution in [0.3, 0.4) is 0 Å². The maximum absolute atomic E-state index is 5.56. The Balaban J connectivity index is 2.37. The number of nitrogens with one attached hydrogen (secondary N) is 1. The molecule has 0 atom stereocenters. The fourth-order valence-corrected chi connectivity index (χ4v) is 2.09. The van der Waals surface area contributed by atoms with Gasteiger partial charge < -0.3 is 9.40 Å². The summed E-state index contributed by atoms with van der Waals surface area (Å²) in [5.74, 6) is 0. The predicted octanol–water partition coefficient (Wildman–Crippen LogP) is 4.16. The van der Waals surface area contributed by atoms with E-state index < -0.39 is 0 Å². The van der Waals surface area contributed by atoms with E-state index in [0.717, 1.165) is 26.7 Å². The van der Waals surface area contributed by atoms with Gasteiger partial charge in [-0.15, -0.1) is 0 Å². The number of fused-ring (bicyclic) bond motifs is 1. The first kappa shape index (κ1) is 9.36. The molecular weight excluding hydrogens is 218 g/mol. The normalized spacial score (nSPS) is 10.8. The van der Waals surface area contributed by atoms with Crippen LogP contribution in [-0.4, -0.2) is 4.98 Å². The van der Waals surface area contributed by atoms with Crippen molar-refractivity contribution in [2.24, 2.45) is 0 Å². The highest BCUT2D eigenvalue weighted by Crippen LogP contribution is 2.25. The molecule has 2 nitrogen and oxygen atoms in total. The minimum absolute atomic E-state index is 0.822. The Labute approximate surface area is 97.5 Å². The Hall–Kier alpha value is -1.87. The first-order valence-electron chi connectivity index (χ1n) is 5.00. The number of aromatic nitrogens is 1. The Bertz CT molecular complexity index is 682. The van der Waals surface area contributed by atoms with Gasteiger partial charge in [0.05, 0.1) is 10.1 Å². The van der Waals surface area contributed by atoms with Gasteiger partial charge in [0, 0.05) is 17.3 Å². The SMILES string of the molecule is S=c1c(-c2ccc[nH]2)coc2ccccc12. The first-order chi connectivity index (χ1) is 7.86. The second kappa shape index (κ2) is 3.61. The summed E-state index contributed by atoms with van der Waals surface area (Å²) in [7, 11) is 0. The van der Waals surface area contributed by atoms with Gasteiger partial charge in [0.15, 0.2) is 0 Å². The molecule has 0 saturated heterocycles. The van der Waals surface area contributed by atoms with Crippen molar-refractivity contribution in [2.45, 2.75) is 0 Å². The van der Waals surface area contributed by atoms with Crippen LogP contribution in [0.2, 0.25) is 0 Å². The van der Waals surface area contributed by atoms with E-state index in [4.69, 9.17) is 16.6 Å². The molecule has 2 aromatic heterocycles. The quantitative estimate of drug-likeness (QED) is 0.632. The molecule has 0 saturated carbocycles. The number of para-hydroxylation sites is 1. The molecular formula is C13H9NOS. The highest BCUT2D eigenvalue weighted by Gasteiger charge is 2.05. The summed E-state index contributed by atoms with van der Waals surface area (Å²) in [5.41, 5.74) is 2.74. The zero-order valence-corrected chi connectivity index (χ0v) is 9.25. The van der Waals surface area contributed by atoms with Gasteiger partial charge >= 0.3 is 0 Å². The van der Waals surface area contributed by atoms with Crippen LogP contribution >= 0.6 is 12.2 Å². The molecule has 16 heavy (non-hydrogen) atoms. The summed E-state index contributed by atoms with van der Waals surface area (Å²) in [4.78, 5) is 3.13. The molecule has 0 aliphatic heterocycles. The Morgan fingerprint density at radius 3 is 2.75 bits per heavy atom. The van der Waals surface area contributed by atoms with E-state index in [1.807, 2.05) is 42.6 Å². The molecule has 3 aromatic rings. The van der Waals surface area contributed by atoms with Crippen LogP contribution in [0.1, 0.15) is 0 Å². The van der Waals surface area contributed by atoms with Crippen molar-refractivity contribution in [2.75, 3.05) is 0 Å². The zero-order valence-electron chi connectivity index (χ0n) is 8.44. The Morgan fingerprint density at radius 2 is 1.94 bits per heavy atom. The highest BCUT2D eigenvalue weighted by atomic mass is 32.1. The monoisotopic (exact) mass is 227 g/mol.